The molecule has 16 heteroatoms. The van der Waals surface area contributed by atoms with Crippen LogP contribution in [0, 0.1) is 5.92 Å². The second-order valence-corrected chi connectivity index (χ2v) is 9.30. The number of aliphatic hydroxyl groups excluding tert-OH is 4. The van der Waals surface area contributed by atoms with E-state index in [0.29, 0.717) is 18.4 Å². The number of H-pyrrole nitrogens is 1. The summed E-state index contributed by atoms with van der Waals surface area (Å²) in [5.41, 5.74) is 11.4. The lowest BCUT2D eigenvalue weighted by Gasteiger charge is -2.15. The molecule has 1 aliphatic heterocycles. The standard InChI is InChI=1S/C12H19N3O4.C10H13N5O4/c1-19-6-8-4-15(12(18)14-11(8)13)9-2-7(5-16)10(17)3-9;11-10-13-8-7(9(18)14-10)12-3-15(8)6-1-4(17)5(2-16)19-6/h4,7,9-10,16-17H,2-3,5-6H2,1H3,(H2,13,14,18);3-6,16-17H,1-2H2,(H3,11,13,14,18)/t7-,9-,10+;4-,5+,6?/m10/s1. The van der Waals surface area contributed by atoms with Crippen LogP contribution < -0.4 is 22.7 Å². The summed E-state index contributed by atoms with van der Waals surface area (Å²) in [6, 6.07) is -0.164. The fourth-order valence-electron chi connectivity index (χ4n) is 4.75. The van der Waals surface area contributed by atoms with Crippen LogP contribution in [0.1, 0.15) is 37.1 Å². The number of nitrogens with zero attached hydrogens (tertiary/aromatic N) is 5. The van der Waals surface area contributed by atoms with Gasteiger partial charge in [0.15, 0.2) is 11.2 Å². The predicted molar refractivity (Wildman–Crippen MR) is 133 cm³/mol. The molecule has 208 valence electrons. The summed E-state index contributed by atoms with van der Waals surface area (Å²) in [4.78, 5) is 37.6. The molecule has 1 saturated heterocycles. The van der Waals surface area contributed by atoms with E-state index in [0.717, 1.165) is 0 Å². The SMILES string of the molecule is COCc1cn([C@@H]2C[C@H](CO)[C@@H](O)C2)c(=O)nc1N.Nc1nc2c(ncn2C2C[C@H](O)[C@@H](CO)O2)c(=O)[nH]1. The Labute approximate surface area is 215 Å². The Morgan fingerprint density at radius 2 is 1.87 bits per heavy atom. The first kappa shape index (κ1) is 27.6. The third kappa shape index (κ3) is 5.54. The van der Waals surface area contributed by atoms with Crippen molar-refractivity contribution in [2.24, 2.45) is 5.92 Å². The van der Waals surface area contributed by atoms with E-state index in [1.54, 1.807) is 6.20 Å². The topological polar surface area (TPSA) is 250 Å². The van der Waals surface area contributed by atoms with Gasteiger partial charge in [-0.15, -0.1) is 0 Å². The molecule has 38 heavy (non-hydrogen) atoms. The first-order chi connectivity index (χ1) is 18.2. The third-order valence-corrected chi connectivity index (χ3v) is 6.77. The highest BCUT2D eigenvalue weighted by atomic mass is 16.5. The maximum absolute atomic E-state index is 11.9. The van der Waals surface area contributed by atoms with Gasteiger partial charge in [-0.3, -0.25) is 18.9 Å². The number of nitrogens with one attached hydrogen (secondary N) is 1. The summed E-state index contributed by atoms with van der Waals surface area (Å²) < 4.78 is 13.5. The zero-order chi connectivity index (χ0) is 27.6. The summed E-state index contributed by atoms with van der Waals surface area (Å²) in [6.45, 7) is -0.0853. The molecule has 9 N–H and O–H groups in total. The maximum Gasteiger partial charge on any atom is 0.349 e. The number of fused-ring (bicyclic) bond motifs is 1. The molecule has 16 nitrogen and oxygen atoms in total. The van der Waals surface area contributed by atoms with Gasteiger partial charge in [0.05, 0.1) is 31.7 Å². The van der Waals surface area contributed by atoms with E-state index in [2.05, 4.69) is 19.9 Å². The molecule has 1 unspecified atom stereocenters. The van der Waals surface area contributed by atoms with Crippen molar-refractivity contribution in [2.45, 2.75) is 56.5 Å². The number of rotatable bonds is 6. The van der Waals surface area contributed by atoms with Gasteiger partial charge in [0.25, 0.3) is 5.56 Å². The number of anilines is 2. The van der Waals surface area contributed by atoms with Crippen LogP contribution in [0.3, 0.4) is 0 Å². The number of hydrogen-bond acceptors (Lipinski definition) is 13. The van der Waals surface area contributed by atoms with E-state index >= 15 is 0 Å². The molecule has 0 spiro atoms. The lowest BCUT2D eigenvalue weighted by atomic mass is 10.1. The van der Waals surface area contributed by atoms with E-state index < -0.39 is 35.8 Å². The second kappa shape index (κ2) is 11.5. The molecule has 1 aliphatic carbocycles. The number of nitrogens with two attached hydrogens (primary N) is 2. The normalized spacial score (nSPS) is 27.0. The molecular formula is C22H32N8O8. The molecule has 1 saturated carbocycles. The van der Waals surface area contributed by atoms with Crippen molar-refractivity contribution < 1.29 is 29.9 Å². The molecule has 0 amide bonds. The van der Waals surface area contributed by atoms with Crippen molar-refractivity contribution in [1.82, 2.24) is 29.1 Å². The van der Waals surface area contributed by atoms with Gasteiger partial charge < -0.3 is 41.4 Å². The number of aromatic amines is 1. The lowest BCUT2D eigenvalue weighted by molar-refractivity contribution is -0.0432. The molecule has 0 radical (unpaired) electrons. The minimum Gasteiger partial charge on any atom is -0.396 e. The van der Waals surface area contributed by atoms with Crippen LogP contribution in [-0.4, -0.2) is 88.1 Å². The number of aliphatic hydroxyl groups is 4. The summed E-state index contributed by atoms with van der Waals surface area (Å²) in [6.07, 6.45) is 1.75. The fraction of sp³-hybridized carbons (Fsp3) is 0.591. The Hall–Kier alpha value is -3.41. The molecule has 2 aliphatic rings. The van der Waals surface area contributed by atoms with E-state index in [1.807, 2.05) is 0 Å². The quantitative estimate of drug-likeness (QED) is 0.174. The van der Waals surface area contributed by atoms with Crippen LogP contribution in [0.2, 0.25) is 0 Å². The van der Waals surface area contributed by atoms with Gasteiger partial charge in [-0.2, -0.15) is 9.97 Å². The number of methoxy groups -OCH3 is 1. The zero-order valence-corrected chi connectivity index (χ0v) is 20.7. The molecular weight excluding hydrogens is 504 g/mol. The van der Waals surface area contributed by atoms with Gasteiger partial charge in [-0.25, -0.2) is 9.78 Å². The van der Waals surface area contributed by atoms with Gasteiger partial charge in [-0.1, -0.05) is 0 Å². The Balaban J connectivity index is 0.000000177. The smallest absolute Gasteiger partial charge is 0.349 e. The number of nitrogen functional groups attached to an aromatic ring is 2. The van der Waals surface area contributed by atoms with E-state index in [9.17, 15) is 19.8 Å². The van der Waals surface area contributed by atoms with E-state index in [1.165, 1.54) is 22.6 Å². The monoisotopic (exact) mass is 536 g/mol. The molecule has 2 fully saturated rings. The Morgan fingerprint density at radius 3 is 2.50 bits per heavy atom. The predicted octanol–water partition coefficient (Wildman–Crippen LogP) is -2.38. The highest BCUT2D eigenvalue weighted by molar-refractivity contribution is 5.70. The van der Waals surface area contributed by atoms with Gasteiger partial charge in [-0.05, 0) is 12.8 Å². The fourth-order valence-corrected chi connectivity index (χ4v) is 4.75. The average Bonchev–Trinajstić information content (AvgIpc) is 3.57. The van der Waals surface area contributed by atoms with Gasteiger partial charge in [0.2, 0.25) is 5.95 Å². The van der Waals surface area contributed by atoms with Crippen molar-refractivity contribution in [2.75, 3.05) is 31.8 Å². The molecule has 3 aromatic heterocycles. The molecule has 0 aromatic carbocycles. The van der Waals surface area contributed by atoms with Crippen LogP contribution >= 0.6 is 0 Å². The number of ether oxygens (including phenoxy) is 2. The van der Waals surface area contributed by atoms with Crippen LogP contribution in [0.5, 0.6) is 0 Å². The number of hydrogen-bond donors (Lipinski definition) is 7. The summed E-state index contributed by atoms with van der Waals surface area (Å²) >= 11 is 0. The van der Waals surface area contributed by atoms with Crippen LogP contribution in [-0.2, 0) is 16.1 Å². The Morgan fingerprint density at radius 1 is 1.11 bits per heavy atom. The minimum atomic E-state index is -0.771. The van der Waals surface area contributed by atoms with Crippen molar-refractivity contribution in [1.29, 1.82) is 0 Å². The first-order valence-corrected chi connectivity index (χ1v) is 12.0. The highest BCUT2D eigenvalue weighted by Gasteiger charge is 2.36. The van der Waals surface area contributed by atoms with Gasteiger partial charge >= 0.3 is 5.69 Å². The second-order valence-electron chi connectivity index (χ2n) is 9.30. The minimum absolute atomic E-state index is 0.0171. The Bertz CT molecular complexity index is 1370. The third-order valence-electron chi connectivity index (χ3n) is 6.77. The van der Waals surface area contributed by atoms with Gasteiger partial charge in [0, 0.05) is 43.9 Å². The van der Waals surface area contributed by atoms with Crippen LogP contribution in [0.25, 0.3) is 11.2 Å². The molecule has 3 aromatic rings. The zero-order valence-electron chi connectivity index (χ0n) is 20.7. The Kier molecular flexibility index (Phi) is 8.39. The van der Waals surface area contributed by atoms with Crippen LogP contribution in [0.4, 0.5) is 11.8 Å². The summed E-state index contributed by atoms with van der Waals surface area (Å²) in [5.74, 6) is -0.0443. The van der Waals surface area contributed by atoms with Crippen molar-refractivity contribution in [3.05, 3.63) is 38.9 Å². The molecule has 6 atom stereocenters. The molecule has 4 heterocycles. The highest BCUT2D eigenvalue weighted by Crippen LogP contribution is 2.34. The molecule has 0 bridgehead atoms. The largest absolute Gasteiger partial charge is 0.396 e. The number of aromatic nitrogens is 6. The lowest BCUT2D eigenvalue weighted by Crippen LogP contribution is -2.28. The maximum atomic E-state index is 11.9. The van der Waals surface area contributed by atoms with Gasteiger partial charge in [0.1, 0.15) is 18.1 Å². The molecule has 5 rings (SSSR count). The van der Waals surface area contributed by atoms with Crippen molar-refractivity contribution >= 4 is 22.9 Å². The van der Waals surface area contributed by atoms with E-state index in [4.69, 9.17) is 31.2 Å². The van der Waals surface area contributed by atoms with Crippen molar-refractivity contribution in [3.8, 4) is 0 Å². The first-order valence-electron chi connectivity index (χ1n) is 12.0. The van der Waals surface area contributed by atoms with Crippen LogP contribution in [0.15, 0.2) is 22.1 Å². The number of imidazole rings is 1. The summed E-state index contributed by atoms with van der Waals surface area (Å²) in [5, 5.41) is 37.7. The summed E-state index contributed by atoms with van der Waals surface area (Å²) in [7, 11) is 1.54. The van der Waals surface area contributed by atoms with E-state index in [-0.39, 0.29) is 61.1 Å². The van der Waals surface area contributed by atoms with Crippen molar-refractivity contribution in [3.63, 3.8) is 0 Å². The average molecular weight is 537 g/mol.